The quantitative estimate of drug-likeness (QED) is 0.229. The van der Waals surface area contributed by atoms with Crippen molar-refractivity contribution < 1.29 is 10.2 Å². The molecule has 142 valence electrons. The lowest BCUT2D eigenvalue weighted by molar-refractivity contribution is 0.408. The first kappa shape index (κ1) is 16.9. The van der Waals surface area contributed by atoms with Crippen molar-refractivity contribution in [1.29, 1.82) is 0 Å². The predicted octanol–water partition coefficient (Wildman–Crippen LogP) is 7.38. The van der Waals surface area contributed by atoms with E-state index in [4.69, 9.17) is 0 Å². The van der Waals surface area contributed by atoms with E-state index in [1.807, 2.05) is 36.4 Å². The number of benzene rings is 6. The number of aromatic hydroxyl groups is 2. The number of rotatable bonds is 1. The van der Waals surface area contributed by atoms with Gasteiger partial charge in [0.1, 0.15) is 0 Å². The van der Waals surface area contributed by atoms with Crippen LogP contribution in [0.5, 0.6) is 11.5 Å². The topological polar surface area (TPSA) is 40.5 Å². The molecule has 0 aliphatic carbocycles. The van der Waals surface area contributed by atoms with E-state index in [1.165, 1.54) is 10.8 Å². The van der Waals surface area contributed by atoms with Gasteiger partial charge in [-0.3, -0.25) is 0 Å². The van der Waals surface area contributed by atoms with Crippen molar-refractivity contribution in [3.8, 4) is 22.6 Å². The Balaban J connectivity index is 1.87. The first-order valence-corrected chi connectivity index (χ1v) is 9.99. The minimum absolute atomic E-state index is 0.0791. The van der Waals surface area contributed by atoms with Crippen LogP contribution < -0.4 is 0 Å². The van der Waals surface area contributed by atoms with Crippen LogP contribution in [0.25, 0.3) is 54.2 Å². The van der Waals surface area contributed by atoms with Gasteiger partial charge < -0.3 is 10.2 Å². The summed E-state index contributed by atoms with van der Waals surface area (Å²) < 4.78 is 0. The molecule has 0 saturated heterocycles. The lowest BCUT2D eigenvalue weighted by Gasteiger charge is -2.16. The standard InChI is InChI=1S/C28H18O2/c29-25-16-24(27-21-10-4-2-7-18(21)14-15-23(27)28(25)30)22-11-5-8-19-13-12-17-6-1-3-9-20(17)26(19)22/h1-16,29-30H. The first-order valence-electron chi connectivity index (χ1n) is 9.99. The van der Waals surface area contributed by atoms with Crippen molar-refractivity contribution in [1.82, 2.24) is 0 Å². The SMILES string of the molecule is Oc1cc(-c2cccc3ccc4ccccc4c23)c2c(ccc3ccccc32)c1O. The highest BCUT2D eigenvalue weighted by Crippen LogP contribution is 2.46. The molecular formula is C28H18O2. The van der Waals surface area contributed by atoms with Crippen molar-refractivity contribution in [2.75, 3.05) is 0 Å². The summed E-state index contributed by atoms with van der Waals surface area (Å²) >= 11 is 0. The van der Waals surface area contributed by atoms with E-state index >= 15 is 0 Å². The van der Waals surface area contributed by atoms with Crippen LogP contribution in [-0.2, 0) is 0 Å². The molecule has 0 aliphatic rings. The molecule has 0 amide bonds. The van der Waals surface area contributed by atoms with Crippen molar-refractivity contribution in [3.05, 3.63) is 97.1 Å². The fourth-order valence-electron chi connectivity index (χ4n) is 4.67. The molecule has 6 aromatic rings. The number of phenols is 2. The summed E-state index contributed by atoms with van der Waals surface area (Å²) in [5.74, 6) is -0.186. The van der Waals surface area contributed by atoms with Gasteiger partial charge >= 0.3 is 0 Å². The van der Waals surface area contributed by atoms with Crippen LogP contribution in [0, 0.1) is 0 Å². The number of hydrogen-bond donors (Lipinski definition) is 2. The molecule has 0 aromatic heterocycles. The lowest BCUT2D eigenvalue weighted by atomic mass is 9.89. The third-order valence-electron chi connectivity index (χ3n) is 6.04. The lowest BCUT2D eigenvalue weighted by Crippen LogP contribution is -1.88. The van der Waals surface area contributed by atoms with Crippen LogP contribution in [0.1, 0.15) is 0 Å². The maximum absolute atomic E-state index is 10.6. The van der Waals surface area contributed by atoms with E-state index in [-0.39, 0.29) is 11.5 Å². The van der Waals surface area contributed by atoms with E-state index in [9.17, 15) is 10.2 Å². The normalized spacial score (nSPS) is 11.6. The maximum Gasteiger partial charge on any atom is 0.165 e. The number of fused-ring (bicyclic) bond motifs is 6. The highest BCUT2D eigenvalue weighted by Gasteiger charge is 2.17. The molecule has 6 rings (SSSR count). The van der Waals surface area contributed by atoms with E-state index in [2.05, 4.69) is 54.6 Å². The van der Waals surface area contributed by atoms with Gasteiger partial charge in [-0.1, -0.05) is 84.9 Å². The fraction of sp³-hybridized carbons (Fsp3) is 0. The van der Waals surface area contributed by atoms with Crippen LogP contribution >= 0.6 is 0 Å². The summed E-state index contributed by atoms with van der Waals surface area (Å²) in [5, 5.41) is 29.6. The molecular weight excluding hydrogens is 368 g/mol. The van der Waals surface area contributed by atoms with Gasteiger partial charge in [0.2, 0.25) is 0 Å². The van der Waals surface area contributed by atoms with Crippen molar-refractivity contribution in [2.24, 2.45) is 0 Å². The summed E-state index contributed by atoms with van der Waals surface area (Å²) in [6.45, 7) is 0. The van der Waals surface area contributed by atoms with Crippen molar-refractivity contribution >= 4 is 43.1 Å². The van der Waals surface area contributed by atoms with Crippen LogP contribution in [0.15, 0.2) is 97.1 Å². The minimum atomic E-state index is -0.106. The summed E-state index contributed by atoms with van der Waals surface area (Å²) in [6, 6.07) is 32.6. The molecule has 0 bridgehead atoms. The molecule has 6 aromatic carbocycles. The third-order valence-corrected chi connectivity index (χ3v) is 6.04. The predicted molar refractivity (Wildman–Crippen MR) is 125 cm³/mol. The molecule has 0 unspecified atom stereocenters. The van der Waals surface area contributed by atoms with Gasteiger partial charge in [0.25, 0.3) is 0 Å². The molecule has 2 heteroatoms. The summed E-state index contributed by atoms with van der Waals surface area (Å²) in [4.78, 5) is 0. The largest absolute Gasteiger partial charge is 0.504 e. The number of phenolic OH excluding ortho intramolecular Hbond substituents is 2. The van der Waals surface area contributed by atoms with Crippen LogP contribution in [0.3, 0.4) is 0 Å². The summed E-state index contributed by atoms with van der Waals surface area (Å²) in [7, 11) is 0. The van der Waals surface area contributed by atoms with Gasteiger partial charge in [-0.25, -0.2) is 0 Å². The van der Waals surface area contributed by atoms with Crippen molar-refractivity contribution in [3.63, 3.8) is 0 Å². The summed E-state index contributed by atoms with van der Waals surface area (Å²) in [5.41, 5.74) is 1.96. The van der Waals surface area contributed by atoms with Gasteiger partial charge in [-0.2, -0.15) is 0 Å². The second kappa shape index (κ2) is 6.23. The fourth-order valence-corrected chi connectivity index (χ4v) is 4.67. The zero-order valence-corrected chi connectivity index (χ0v) is 16.1. The van der Waals surface area contributed by atoms with Gasteiger partial charge in [0.05, 0.1) is 0 Å². The number of hydrogen-bond acceptors (Lipinski definition) is 2. The highest BCUT2D eigenvalue weighted by atomic mass is 16.3. The molecule has 2 nitrogen and oxygen atoms in total. The molecule has 0 heterocycles. The minimum Gasteiger partial charge on any atom is -0.504 e. The highest BCUT2D eigenvalue weighted by molar-refractivity contribution is 6.22. The van der Waals surface area contributed by atoms with Crippen LogP contribution in [0.2, 0.25) is 0 Å². The molecule has 0 fully saturated rings. The smallest absolute Gasteiger partial charge is 0.165 e. The van der Waals surface area contributed by atoms with Gasteiger partial charge in [-0.15, -0.1) is 0 Å². The molecule has 30 heavy (non-hydrogen) atoms. The zero-order valence-electron chi connectivity index (χ0n) is 16.1. The molecule has 2 N–H and O–H groups in total. The summed E-state index contributed by atoms with van der Waals surface area (Å²) in [6.07, 6.45) is 0. The van der Waals surface area contributed by atoms with Crippen LogP contribution in [0.4, 0.5) is 0 Å². The Hall–Kier alpha value is -4.04. The van der Waals surface area contributed by atoms with Crippen LogP contribution in [-0.4, -0.2) is 10.2 Å². The Morgan fingerprint density at radius 1 is 0.433 bits per heavy atom. The van der Waals surface area contributed by atoms with Gasteiger partial charge in [-0.05, 0) is 55.6 Å². The maximum atomic E-state index is 10.6. The molecule has 0 spiro atoms. The zero-order chi connectivity index (χ0) is 20.2. The van der Waals surface area contributed by atoms with E-state index in [0.717, 1.165) is 38.1 Å². The molecule has 0 radical (unpaired) electrons. The third kappa shape index (κ3) is 2.31. The first-order chi connectivity index (χ1) is 14.7. The monoisotopic (exact) mass is 386 g/mol. The van der Waals surface area contributed by atoms with E-state index in [0.29, 0.717) is 5.39 Å². The average molecular weight is 386 g/mol. The Morgan fingerprint density at radius 2 is 1.03 bits per heavy atom. The van der Waals surface area contributed by atoms with Gasteiger partial charge in [0.15, 0.2) is 11.5 Å². The van der Waals surface area contributed by atoms with Gasteiger partial charge in [0, 0.05) is 10.8 Å². The van der Waals surface area contributed by atoms with Crippen molar-refractivity contribution in [2.45, 2.75) is 0 Å². The Kier molecular flexibility index (Phi) is 3.50. The molecule has 0 saturated carbocycles. The second-order valence-corrected chi connectivity index (χ2v) is 7.69. The Bertz CT molecular complexity index is 1610. The Labute approximate surface area is 173 Å². The average Bonchev–Trinajstić information content (AvgIpc) is 2.80. The second-order valence-electron chi connectivity index (χ2n) is 7.69. The van der Waals surface area contributed by atoms with E-state index < -0.39 is 0 Å². The Morgan fingerprint density at radius 3 is 1.80 bits per heavy atom. The molecule has 0 atom stereocenters. The molecule has 0 aliphatic heterocycles. The van der Waals surface area contributed by atoms with E-state index in [1.54, 1.807) is 6.07 Å².